The summed E-state index contributed by atoms with van der Waals surface area (Å²) in [5.74, 6) is -2.61. The fourth-order valence-corrected chi connectivity index (χ4v) is 1.63. The van der Waals surface area contributed by atoms with Crippen LogP contribution in [0.1, 0.15) is 13.3 Å². The third-order valence-electron chi connectivity index (χ3n) is 2.29. The first kappa shape index (κ1) is 14.4. The predicted octanol–water partition coefficient (Wildman–Crippen LogP) is 3.45. The molecule has 0 bridgehead atoms. The molecule has 0 aromatic heterocycles. The zero-order valence-corrected chi connectivity index (χ0v) is 10.4. The van der Waals surface area contributed by atoms with Gasteiger partial charge in [-0.2, -0.15) is 0 Å². The summed E-state index contributed by atoms with van der Waals surface area (Å²) in [5, 5.41) is 11.3. The molecule has 2 N–H and O–H groups in total. The minimum atomic E-state index is -1.02. The monoisotopic (exact) mass is 275 g/mol. The van der Waals surface area contributed by atoms with Crippen LogP contribution in [0.3, 0.4) is 0 Å². The van der Waals surface area contributed by atoms with Crippen LogP contribution in [0.25, 0.3) is 0 Å². The second-order valence-corrected chi connectivity index (χ2v) is 3.92. The van der Waals surface area contributed by atoms with Crippen molar-refractivity contribution in [1.82, 2.24) is 0 Å². The molecule has 0 amide bonds. The van der Waals surface area contributed by atoms with Gasteiger partial charge in [-0.1, -0.05) is 24.6 Å². The van der Waals surface area contributed by atoms with Crippen LogP contribution in [0.5, 0.6) is 0 Å². The number of hydrogen-bond acceptors (Lipinski definition) is 2. The molecule has 0 saturated carbocycles. The van der Waals surface area contributed by atoms with Gasteiger partial charge in [-0.15, -0.1) is 0 Å². The molecule has 0 aliphatic heterocycles. The lowest BCUT2D eigenvalue weighted by Gasteiger charge is -2.08. The van der Waals surface area contributed by atoms with Crippen LogP contribution >= 0.6 is 11.6 Å². The van der Waals surface area contributed by atoms with Gasteiger partial charge in [0, 0.05) is 18.2 Å². The van der Waals surface area contributed by atoms with Crippen molar-refractivity contribution in [1.29, 1.82) is 0 Å². The maximum atomic E-state index is 13.4. The highest BCUT2D eigenvalue weighted by Crippen LogP contribution is 2.26. The number of carboxylic acids is 1. The maximum Gasteiger partial charge on any atom is 0.331 e. The standard InChI is InChI=1S/C12H12ClF2NO2/c1-2-7(12(17)18)3-4-16-11-9(13)5-8(14)6-10(11)15/h3,5-6,16H,2,4H2,1H3,(H,17,18). The lowest BCUT2D eigenvalue weighted by molar-refractivity contribution is -0.132. The van der Waals surface area contributed by atoms with Crippen molar-refractivity contribution in [3.05, 3.63) is 40.4 Å². The Morgan fingerprint density at radius 1 is 1.50 bits per heavy atom. The molecular weight excluding hydrogens is 264 g/mol. The summed E-state index contributed by atoms with van der Waals surface area (Å²) in [6.07, 6.45) is 1.78. The molecule has 1 aromatic rings. The summed E-state index contributed by atoms with van der Waals surface area (Å²) in [4.78, 5) is 10.7. The molecule has 0 aliphatic rings. The van der Waals surface area contributed by atoms with Gasteiger partial charge in [0.05, 0.1) is 10.7 Å². The van der Waals surface area contributed by atoms with Crippen molar-refractivity contribution < 1.29 is 18.7 Å². The van der Waals surface area contributed by atoms with Gasteiger partial charge in [0.15, 0.2) is 5.82 Å². The van der Waals surface area contributed by atoms with E-state index in [2.05, 4.69) is 5.32 Å². The van der Waals surface area contributed by atoms with Crippen LogP contribution in [0.4, 0.5) is 14.5 Å². The average Bonchev–Trinajstić information content (AvgIpc) is 2.26. The van der Waals surface area contributed by atoms with Crippen LogP contribution in [-0.4, -0.2) is 17.6 Å². The van der Waals surface area contributed by atoms with E-state index in [1.54, 1.807) is 6.92 Å². The van der Waals surface area contributed by atoms with Crippen LogP contribution in [0, 0.1) is 11.6 Å². The first-order valence-electron chi connectivity index (χ1n) is 5.26. The second kappa shape index (κ2) is 6.35. The number of carbonyl (C=O) groups is 1. The number of aliphatic carboxylic acids is 1. The van der Waals surface area contributed by atoms with Gasteiger partial charge in [-0.25, -0.2) is 13.6 Å². The molecule has 1 rings (SSSR count). The Morgan fingerprint density at radius 3 is 2.67 bits per heavy atom. The molecule has 0 radical (unpaired) electrons. The number of rotatable bonds is 5. The van der Waals surface area contributed by atoms with Crippen LogP contribution < -0.4 is 5.32 Å². The van der Waals surface area contributed by atoms with Crippen molar-refractivity contribution in [3.63, 3.8) is 0 Å². The minimum absolute atomic E-state index is 0.0461. The Labute approximate surface area is 108 Å². The summed E-state index contributed by atoms with van der Waals surface area (Å²) in [5.41, 5.74) is 0.163. The van der Waals surface area contributed by atoms with E-state index in [9.17, 15) is 13.6 Å². The zero-order chi connectivity index (χ0) is 13.7. The highest BCUT2D eigenvalue weighted by molar-refractivity contribution is 6.33. The Kier molecular flexibility index (Phi) is 5.09. The SMILES string of the molecule is CCC(=CCNc1c(F)cc(F)cc1Cl)C(=O)O. The largest absolute Gasteiger partial charge is 0.478 e. The molecule has 0 fully saturated rings. The summed E-state index contributed by atoms with van der Waals surface area (Å²) < 4.78 is 26.1. The predicted molar refractivity (Wildman–Crippen MR) is 65.9 cm³/mol. The third kappa shape index (κ3) is 3.70. The number of halogens is 3. The molecule has 98 valence electrons. The Balaban J connectivity index is 2.78. The van der Waals surface area contributed by atoms with E-state index >= 15 is 0 Å². The van der Waals surface area contributed by atoms with E-state index in [1.165, 1.54) is 6.08 Å². The quantitative estimate of drug-likeness (QED) is 0.809. The van der Waals surface area contributed by atoms with Gasteiger partial charge in [0.25, 0.3) is 0 Å². The second-order valence-electron chi connectivity index (χ2n) is 3.51. The van der Waals surface area contributed by atoms with Crippen molar-refractivity contribution in [2.45, 2.75) is 13.3 Å². The molecule has 1 aromatic carbocycles. The summed E-state index contributed by atoms with van der Waals surface area (Å²) in [6, 6.07) is 1.68. The minimum Gasteiger partial charge on any atom is -0.478 e. The molecule has 6 heteroatoms. The number of carboxylic acid groups (broad SMARTS) is 1. The Morgan fingerprint density at radius 2 is 2.17 bits per heavy atom. The molecular formula is C12H12ClF2NO2. The van der Waals surface area contributed by atoms with E-state index < -0.39 is 17.6 Å². The van der Waals surface area contributed by atoms with E-state index in [0.29, 0.717) is 12.5 Å². The molecule has 0 spiro atoms. The average molecular weight is 276 g/mol. The van der Waals surface area contributed by atoms with Gasteiger partial charge in [0.2, 0.25) is 0 Å². The fraction of sp³-hybridized carbons (Fsp3) is 0.250. The maximum absolute atomic E-state index is 13.4. The Bertz CT molecular complexity index is 466. The van der Waals surface area contributed by atoms with Crippen LogP contribution in [-0.2, 0) is 4.79 Å². The van der Waals surface area contributed by atoms with Crippen LogP contribution in [0.2, 0.25) is 5.02 Å². The normalized spacial score (nSPS) is 11.4. The van der Waals surface area contributed by atoms with Gasteiger partial charge in [-0.3, -0.25) is 0 Å². The molecule has 3 nitrogen and oxygen atoms in total. The first-order chi connectivity index (χ1) is 8.45. The van der Waals surface area contributed by atoms with Crippen molar-refractivity contribution in [3.8, 4) is 0 Å². The third-order valence-corrected chi connectivity index (χ3v) is 2.59. The van der Waals surface area contributed by atoms with E-state index in [-0.39, 0.29) is 22.8 Å². The van der Waals surface area contributed by atoms with Gasteiger partial charge >= 0.3 is 5.97 Å². The molecule has 0 atom stereocenters. The first-order valence-corrected chi connectivity index (χ1v) is 5.64. The number of anilines is 1. The number of nitrogens with one attached hydrogen (secondary N) is 1. The van der Waals surface area contributed by atoms with Crippen molar-refractivity contribution in [2.75, 3.05) is 11.9 Å². The van der Waals surface area contributed by atoms with Gasteiger partial charge in [-0.05, 0) is 12.5 Å². The fourth-order valence-electron chi connectivity index (χ4n) is 1.37. The highest BCUT2D eigenvalue weighted by atomic mass is 35.5. The lowest BCUT2D eigenvalue weighted by atomic mass is 10.2. The van der Waals surface area contributed by atoms with E-state index in [0.717, 1.165) is 6.07 Å². The number of hydrogen-bond donors (Lipinski definition) is 2. The van der Waals surface area contributed by atoms with E-state index in [1.807, 2.05) is 0 Å². The van der Waals surface area contributed by atoms with Crippen molar-refractivity contribution in [2.24, 2.45) is 0 Å². The Hall–Kier alpha value is -1.62. The highest BCUT2D eigenvalue weighted by Gasteiger charge is 2.09. The summed E-state index contributed by atoms with van der Waals surface area (Å²) in [6.45, 7) is 1.79. The molecule has 18 heavy (non-hydrogen) atoms. The van der Waals surface area contributed by atoms with Gasteiger partial charge < -0.3 is 10.4 Å². The van der Waals surface area contributed by atoms with Crippen molar-refractivity contribution >= 4 is 23.3 Å². The number of benzene rings is 1. The molecule has 0 saturated heterocycles. The molecule has 0 heterocycles. The summed E-state index contributed by atoms with van der Waals surface area (Å²) in [7, 11) is 0. The topological polar surface area (TPSA) is 49.3 Å². The van der Waals surface area contributed by atoms with E-state index in [4.69, 9.17) is 16.7 Å². The summed E-state index contributed by atoms with van der Waals surface area (Å²) >= 11 is 5.67. The lowest BCUT2D eigenvalue weighted by Crippen LogP contribution is -2.06. The van der Waals surface area contributed by atoms with Gasteiger partial charge in [0.1, 0.15) is 5.82 Å². The van der Waals surface area contributed by atoms with Crippen LogP contribution in [0.15, 0.2) is 23.8 Å². The zero-order valence-electron chi connectivity index (χ0n) is 9.64. The molecule has 0 unspecified atom stereocenters. The molecule has 0 aliphatic carbocycles. The smallest absolute Gasteiger partial charge is 0.331 e.